The number of nitrogens with one attached hydrogen (secondary N) is 1. The van der Waals surface area contributed by atoms with Gasteiger partial charge in [0.2, 0.25) is 0 Å². The van der Waals surface area contributed by atoms with Crippen molar-refractivity contribution in [2.75, 3.05) is 13.1 Å². The summed E-state index contributed by atoms with van der Waals surface area (Å²) >= 11 is 0. The molecule has 0 bridgehead atoms. The molecule has 7 nitrogen and oxygen atoms in total. The van der Waals surface area contributed by atoms with Gasteiger partial charge >= 0.3 is 0 Å². The summed E-state index contributed by atoms with van der Waals surface area (Å²) in [5.41, 5.74) is 1.18. The maximum atomic E-state index is 13.5. The van der Waals surface area contributed by atoms with E-state index in [1.807, 2.05) is 13.8 Å². The first-order chi connectivity index (χ1) is 14.9. The van der Waals surface area contributed by atoms with Crippen molar-refractivity contribution in [1.29, 1.82) is 0 Å². The topological polar surface area (TPSA) is 76.2 Å². The maximum Gasteiger partial charge on any atom is 0.255 e. The highest BCUT2D eigenvalue weighted by molar-refractivity contribution is 5.94. The summed E-state index contributed by atoms with van der Waals surface area (Å²) in [5.74, 6) is -0.223. The molecule has 1 amide bonds. The van der Waals surface area contributed by atoms with Crippen molar-refractivity contribution in [3.05, 3.63) is 71.2 Å². The fraction of sp³-hybridized carbons (Fsp3) is 0.409. The van der Waals surface area contributed by atoms with Crippen LogP contribution in [-0.4, -0.2) is 38.7 Å². The van der Waals surface area contributed by atoms with Gasteiger partial charge in [-0.25, -0.2) is 8.78 Å². The molecule has 3 heterocycles. The van der Waals surface area contributed by atoms with E-state index in [9.17, 15) is 13.6 Å². The minimum absolute atomic E-state index is 0.102. The number of halogens is 2. The van der Waals surface area contributed by atoms with Gasteiger partial charge in [0.1, 0.15) is 12.1 Å². The SMILES string of the molecule is CC(C)C(NC(=O)c1ccoc1)c1nnc2n1CCN(Cc1ccc(F)c(F)c1)CC2. The molecule has 1 atom stereocenters. The second kappa shape index (κ2) is 8.97. The maximum absolute atomic E-state index is 13.5. The molecule has 1 aromatic carbocycles. The van der Waals surface area contributed by atoms with Crippen LogP contribution in [0, 0.1) is 17.6 Å². The number of amides is 1. The number of fused-ring (bicyclic) bond motifs is 1. The summed E-state index contributed by atoms with van der Waals surface area (Å²) < 4.78 is 33.8. The summed E-state index contributed by atoms with van der Waals surface area (Å²) in [4.78, 5) is 14.7. The summed E-state index contributed by atoms with van der Waals surface area (Å²) in [6.07, 6.45) is 3.55. The second-order valence-corrected chi connectivity index (χ2v) is 8.11. The van der Waals surface area contributed by atoms with Crippen LogP contribution in [0.5, 0.6) is 0 Å². The molecule has 0 spiro atoms. The van der Waals surface area contributed by atoms with E-state index in [-0.39, 0.29) is 17.9 Å². The van der Waals surface area contributed by atoms with Crippen molar-refractivity contribution < 1.29 is 18.0 Å². The van der Waals surface area contributed by atoms with Gasteiger partial charge in [-0.05, 0) is 29.7 Å². The molecule has 0 saturated carbocycles. The lowest BCUT2D eigenvalue weighted by Gasteiger charge is -2.23. The zero-order valence-corrected chi connectivity index (χ0v) is 17.5. The molecule has 4 rings (SSSR count). The third-order valence-electron chi connectivity index (χ3n) is 5.55. The number of furan rings is 1. The van der Waals surface area contributed by atoms with E-state index in [1.165, 1.54) is 18.6 Å². The molecule has 0 aliphatic carbocycles. The van der Waals surface area contributed by atoms with Gasteiger partial charge in [-0.1, -0.05) is 19.9 Å². The van der Waals surface area contributed by atoms with E-state index in [1.54, 1.807) is 12.1 Å². The van der Waals surface area contributed by atoms with E-state index in [0.717, 1.165) is 29.8 Å². The van der Waals surface area contributed by atoms with Crippen molar-refractivity contribution in [2.24, 2.45) is 5.92 Å². The Labute approximate surface area is 179 Å². The number of carbonyl (C=O) groups excluding carboxylic acids is 1. The van der Waals surface area contributed by atoms with E-state index in [4.69, 9.17) is 4.42 Å². The van der Waals surface area contributed by atoms with Crippen LogP contribution in [-0.2, 0) is 19.5 Å². The highest BCUT2D eigenvalue weighted by Crippen LogP contribution is 2.23. The van der Waals surface area contributed by atoms with Gasteiger partial charge < -0.3 is 14.3 Å². The second-order valence-electron chi connectivity index (χ2n) is 8.11. The molecule has 0 radical (unpaired) electrons. The van der Waals surface area contributed by atoms with Crippen LogP contribution in [0.1, 0.15) is 47.5 Å². The number of hydrogen-bond donors (Lipinski definition) is 1. The predicted octanol–water partition coefficient (Wildman–Crippen LogP) is 3.33. The fourth-order valence-electron chi connectivity index (χ4n) is 3.82. The summed E-state index contributed by atoms with van der Waals surface area (Å²) in [6.45, 7) is 6.65. The average Bonchev–Trinajstić information content (AvgIpc) is 3.37. The quantitative estimate of drug-likeness (QED) is 0.651. The molecule has 1 N–H and O–H groups in total. The molecule has 0 fully saturated rings. The molecule has 9 heteroatoms. The van der Waals surface area contributed by atoms with Gasteiger partial charge in [0.05, 0.1) is 17.9 Å². The molecular formula is C22H25F2N5O2. The van der Waals surface area contributed by atoms with Crippen molar-refractivity contribution in [3.8, 4) is 0 Å². The summed E-state index contributed by atoms with van der Waals surface area (Å²) in [5, 5.41) is 11.8. The van der Waals surface area contributed by atoms with Gasteiger partial charge in [0, 0.05) is 32.6 Å². The van der Waals surface area contributed by atoms with E-state index in [0.29, 0.717) is 31.6 Å². The Balaban J connectivity index is 1.48. The number of hydrogen-bond acceptors (Lipinski definition) is 5. The van der Waals surface area contributed by atoms with Crippen molar-refractivity contribution >= 4 is 5.91 Å². The molecule has 164 valence electrons. The highest BCUT2D eigenvalue weighted by atomic mass is 19.2. The lowest BCUT2D eigenvalue weighted by atomic mass is 10.0. The monoisotopic (exact) mass is 429 g/mol. The molecule has 2 aromatic heterocycles. The zero-order valence-electron chi connectivity index (χ0n) is 17.5. The lowest BCUT2D eigenvalue weighted by Crippen LogP contribution is -2.34. The third kappa shape index (κ3) is 4.66. The summed E-state index contributed by atoms with van der Waals surface area (Å²) in [7, 11) is 0. The van der Waals surface area contributed by atoms with Gasteiger partial charge in [-0.3, -0.25) is 9.69 Å². The molecule has 31 heavy (non-hydrogen) atoms. The molecule has 1 unspecified atom stereocenters. The van der Waals surface area contributed by atoms with Crippen molar-refractivity contribution in [3.63, 3.8) is 0 Å². The fourth-order valence-corrected chi connectivity index (χ4v) is 3.82. The largest absolute Gasteiger partial charge is 0.472 e. The van der Waals surface area contributed by atoms with Crippen LogP contribution in [0.2, 0.25) is 0 Å². The molecule has 1 aliphatic heterocycles. The van der Waals surface area contributed by atoms with Crippen LogP contribution in [0.25, 0.3) is 0 Å². The number of benzene rings is 1. The van der Waals surface area contributed by atoms with Crippen LogP contribution in [0.4, 0.5) is 8.78 Å². The molecule has 1 aliphatic rings. The Morgan fingerprint density at radius 2 is 2.00 bits per heavy atom. The lowest BCUT2D eigenvalue weighted by molar-refractivity contribution is 0.0921. The third-order valence-corrected chi connectivity index (χ3v) is 5.55. The number of carbonyl (C=O) groups is 1. The number of rotatable bonds is 6. The van der Waals surface area contributed by atoms with E-state index in [2.05, 4.69) is 25.0 Å². The minimum Gasteiger partial charge on any atom is -0.472 e. The predicted molar refractivity (Wildman–Crippen MR) is 109 cm³/mol. The Bertz CT molecular complexity index is 1050. The Kier molecular flexibility index (Phi) is 6.13. The van der Waals surface area contributed by atoms with Crippen molar-refractivity contribution in [2.45, 2.75) is 39.4 Å². The molecule has 0 saturated heterocycles. The van der Waals surface area contributed by atoms with Crippen LogP contribution in [0.3, 0.4) is 0 Å². The van der Waals surface area contributed by atoms with E-state index >= 15 is 0 Å². The molecular weight excluding hydrogens is 404 g/mol. The Morgan fingerprint density at radius 1 is 1.16 bits per heavy atom. The van der Waals surface area contributed by atoms with Gasteiger partial charge in [-0.2, -0.15) is 0 Å². The van der Waals surface area contributed by atoms with Crippen LogP contribution in [0.15, 0.2) is 41.2 Å². The van der Waals surface area contributed by atoms with E-state index < -0.39 is 11.6 Å². The summed E-state index contributed by atoms with van der Waals surface area (Å²) in [6, 6.07) is 5.32. The minimum atomic E-state index is -0.840. The first kappa shape index (κ1) is 21.2. The first-order valence-electron chi connectivity index (χ1n) is 10.3. The van der Waals surface area contributed by atoms with Crippen LogP contribution >= 0.6 is 0 Å². The Hall–Kier alpha value is -3.07. The zero-order chi connectivity index (χ0) is 22.0. The highest BCUT2D eigenvalue weighted by Gasteiger charge is 2.28. The first-order valence-corrected chi connectivity index (χ1v) is 10.3. The van der Waals surface area contributed by atoms with Gasteiger partial charge in [0.25, 0.3) is 5.91 Å². The van der Waals surface area contributed by atoms with Gasteiger partial charge in [0.15, 0.2) is 17.5 Å². The average molecular weight is 429 g/mol. The number of nitrogens with zero attached hydrogens (tertiary/aromatic N) is 4. The van der Waals surface area contributed by atoms with Crippen LogP contribution < -0.4 is 5.32 Å². The standard InChI is InChI=1S/C22H25F2N5O2/c1-14(2)20(25-22(30)16-6-10-31-13-16)21-27-26-19-5-7-28(8-9-29(19)21)12-15-3-4-17(23)18(24)11-15/h3-4,6,10-11,13-14,20H,5,7-9,12H2,1-2H3,(H,25,30). The molecule has 3 aromatic rings. The smallest absolute Gasteiger partial charge is 0.255 e. The Morgan fingerprint density at radius 3 is 2.71 bits per heavy atom. The van der Waals surface area contributed by atoms with Gasteiger partial charge in [-0.15, -0.1) is 10.2 Å². The number of aromatic nitrogens is 3. The normalized spacial score (nSPS) is 15.5. The van der Waals surface area contributed by atoms with Crippen molar-refractivity contribution in [1.82, 2.24) is 25.0 Å².